The van der Waals surface area contributed by atoms with Crippen molar-refractivity contribution >= 4 is 23.6 Å². The third-order valence-corrected chi connectivity index (χ3v) is 6.53. The van der Waals surface area contributed by atoms with Crippen LogP contribution in [0.25, 0.3) is 0 Å². The van der Waals surface area contributed by atoms with Crippen LogP contribution in [-0.2, 0) is 0 Å². The Morgan fingerprint density at radius 2 is 2.00 bits per heavy atom. The fraction of sp³-hybridized carbons (Fsp3) is 0.667. The zero-order valence-electron chi connectivity index (χ0n) is 14.9. The van der Waals surface area contributed by atoms with Crippen LogP contribution in [0.1, 0.15) is 32.3 Å². The van der Waals surface area contributed by atoms with E-state index >= 15 is 0 Å². The van der Waals surface area contributed by atoms with Crippen LogP contribution < -0.4 is 10.2 Å². The van der Waals surface area contributed by atoms with Gasteiger partial charge < -0.3 is 15.1 Å². The van der Waals surface area contributed by atoms with Crippen molar-refractivity contribution in [3.05, 3.63) is 23.9 Å². The summed E-state index contributed by atoms with van der Waals surface area (Å²) in [5, 5.41) is 3.76. The Balaban J connectivity index is 1.50. The molecule has 24 heavy (non-hydrogen) atoms. The summed E-state index contributed by atoms with van der Waals surface area (Å²) >= 11 is 1.96. The lowest BCUT2D eigenvalue weighted by molar-refractivity contribution is 0.174. The number of pyridine rings is 1. The quantitative estimate of drug-likeness (QED) is 0.893. The van der Waals surface area contributed by atoms with Crippen molar-refractivity contribution in [2.45, 2.75) is 50.9 Å². The molecule has 6 heteroatoms. The average molecular weight is 349 g/mol. The van der Waals surface area contributed by atoms with Gasteiger partial charge in [0.15, 0.2) is 0 Å². The van der Waals surface area contributed by atoms with Gasteiger partial charge in [-0.2, -0.15) is 11.8 Å². The largest absolute Gasteiger partial charge is 0.356 e. The first-order valence-corrected chi connectivity index (χ1v) is 9.96. The van der Waals surface area contributed by atoms with Gasteiger partial charge in [-0.25, -0.2) is 9.78 Å². The molecule has 0 aromatic carbocycles. The lowest BCUT2D eigenvalue weighted by Crippen LogP contribution is -2.55. The number of thioether (sulfide) groups is 1. The molecule has 2 atom stereocenters. The van der Waals surface area contributed by atoms with E-state index in [-0.39, 0.29) is 12.1 Å². The third kappa shape index (κ3) is 3.97. The van der Waals surface area contributed by atoms with Crippen molar-refractivity contribution in [1.29, 1.82) is 0 Å². The molecule has 1 aromatic rings. The lowest BCUT2D eigenvalue weighted by Gasteiger charge is -2.39. The topological polar surface area (TPSA) is 48.5 Å². The Bertz CT molecular complexity index is 557. The van der Waals surface area contributed by atoms with Gasteiger partial charge in [0.1, 0.15) is 5.82 Å². The summed E-state index contributed by atoms with van der Waals surface area (Å²) in [6, 6.07) is 4.88. The van der Waals surface area contributed by atoms with Crippen LogP contribution in [0.4, 0.5) is 10.6 Å². The van der Waals surface area contributed by atoms with E-state index in [1.807, 2.05) is 22.9 Å². The van der Waals surface area contributed by atoms with E-state index in [1.54, 1.807) is 0 Å². The molecule has 0 spiro atoms. The van der Waals surface area contributed by atoms with E-state index in [1.165, 1.54) is 5.56 Å². The van der Waals surface area contributed by atoms with E-state index in [4.69, 9.17) is 0 Å². The maximum Gasteiger partial charge on any atom is 0.317 e. The lowest BCUT2D eigenvalue weighted by atomic mass is 10.1. The maximum absolute atomic E-state index is 12.6. The highest BCUT2D eigenvalue weighted by Crippen LogP contribution is 2.24. The second-order valence-corrected chi connectivity index (χ2v) is 8.40. The number of nitrogens with one attached hydrogen (secondary N) is 1. The normalized spacial score (nSPS) is 25.6. The number of anilines is 1. The van der Waals surface area contributed by atoms with Crippen LogP contribution in [-0.4, -0.2) is 58.6 Å². The van der Waals surface area contributed by atoms with Gasteiger partial charge in [0.05, 0.1) is 0 Å². The molecule has 1 aromatic heterocycles. The summed E-state index contributed by atoms with van der Waals surface area (Å²) in [5.74, 6) is 2.08. The SMILES string of the molecule is Cc1ccc(N2CCC(NC(=O)N3CCSC(C)C3C)CC2)nc1. The van der Waals surface area contributed by atoms with Gasteiger partial charge in [-0.3, -0.25) is 0 Å². The number of rotatable bonds is 2. The van der Waals surface area contributed by atoms with E-state index in [9.17, 15) is 4.79 Å². The van der Waals surface area contributed by atoms with Gasteiger partial charge in [-0.05, 0) is 38.3 Å². The summed E-state index contributed by atoms with van der Waals surface area (Å²) in [6.07, 6.45) is 3.88. The molecule has 2 saturated heterocycles. The molecule has 0 aliphatic carbocycles. The van der Waals surface area contributed by atoms with Crippen LogP contribution >= 0.6 is 11.8 Å². The smallest absolute Gasteiger partial charge is 0.317 e. The molecule has 2 aliphatic heterocycles. The Labute approximate surface area is 149 Å². The predicted molar refractivity (Wildman–Crippen MR) is 101 cm³/mol. The molecule has 1 N–H and O–H groups in total. The molecule has 132 valence electrons. The van der Waals surface area contributed by atoms with Gasteiger partial charge in [0, 0.05) is 48.9 Å². The molecule has 2 amide bonds. The minimum atomic E-state index is 0.113. The molecule has 3 heterocycles. The first-order valence-electron chi connectivity index (χ1n) is 8.91. The fourth-order valence-corrected chi connectivity index (χ4v) is 4.48. The summed E-state index contributed by atoms with van der Waals surface area (Å²) < 4.78 is 0. The number of piperidine rings is 1. The van der Waals surface area contributed by atoms with Crippen molar-refractivity contribution in [3.8, 4) is 0 Å². The first-order chi connectivity index (χ1) is 11.5. The number of aryl methyl sites for hydroxylation is 1. The van der Waals surface area contributed by atoms with Crippen LogP contribution in [0.5, 0.6) is 0 Å². The molecule has 5 nitrogen and oxygen atoms in total. The highest BCUT2D eigenvalue weighted by atomic mass is 32.2. The number of aromatic nitrogens is 1. The zero-order valence-corrected chi connectivity index (χ0v) is 15.7. The number of urea groups is 1. The van der Waals surface area contributed by atoms with Gasteiger partial charge >= 0.3 is 6.03 Å². The number of hydrogen-bond acceptors (Lipinski definition) is 4. The van der Waals surface area contributed by atoms with Gasteiger partial charge in [-0.1, -0.05) is 13.0 Å². The number of amides is 2. The molecule has 3 rings (SSSR count). The van der Waals surface area contributed by atoms with Crippen LogP contribution in [0.2, 0.25) is 0 Å². The highest BCUT2D eigenvalue weighted by Gasteiger charge is 2.30. The van der Waals surface area contributed by atoms with Crippen molar-refractivity contribution in [1.82, 2.24) is 15.2 Å². The van der Waals surface area contributed by atoms with E-state index in [0.717, 1.165) is 44.0 Å². The van der Waals surface area contributed by atoms with E-state index in [2.05, 4.69) is 48.1 Å². The number of carbonyl (C=O) groups is 1. The van der Waals surface area contributed by atoms with Crippen LogP contribution in [0.3, 0.4) is 0 Å². The van der Waals surface area contributed by atoms with Crippen molar-refractivity contribution in [3.63, 3.8) is 0 Å². The summed E-state index contributed by atoms with van der Waals surface area (Å²) in [5.41, 5.74) is 1.18. The van der Waals surface area contributed by atoms with Crippen molar-refractivity contribution < 1.29 is 4.79 Å². The highest BCUT2D eigenvalue weighted by molar-refractivity contribution is 8.00. The molecule has 2 fully saturated rings. The molecular formula is C18H28N4OS. The van der Waals surface area contributed by atoms with E-state index < -0.39 is 0 Å². The molecule has 2 aliphatic rings. The minimum Gasteiger partial charge on any atom is -0.356 e. The van der Waals surface area contributed by atoms with Gasteiger partial charge in [0.25, 0.3) is 0 Å². The number of nitrogens with zero attached hydrogens (tertiary/aromatic N) is 3. The fourth-order valence-electron chi connectivity index (χ4n) is 3.38. The summed E-state index contributed by atoms with van der Waals surface area (Å²) in [7, 11) is 0. The third-order valence-electron chi connectivity index (χ3n) is 5.19. The standard InChI is InChI=1S/C18H28N4OS/c1-13-4-5-17(19-12-13)21-8-6-16(7-9-21)20-18(23)22-10-11-24-15(3)14(22)2/h4-5,12,14-16H,6-11H2,1-3H3,(H,20,23). The second kappa shape index (κ2) is 7.64. The van der Waals surface area contributed by atoms with Crippen LogP contribution in [0.15, 0.2) is 18.3 Å². The summed E-state index contributed by atoms with van der Waals surface area (Å²) in [6.45, 7) is 9.17. The Kier molecular flexibility index (Phi) is 5.54. The minimum absolute atomic E-state index is 0.113. The number of carbonyl (C=O) groups excluding carboxylic acids is 1. The Hall–Kier alpha value is -1.43. The zero-order chi connectivity index (χ0) is 17.1. The van der Waals surface area contributed by atoms with Crippen molar-refractivity contribution in [2.75, 3.05) is 30.3 Å². The van der Waals surface area contributed by atoms with E-state index in [0.29, 0.717) is 11.3 Å². The Morgan fingerprint density at radius 3 is 2.67 bits per heavy atom. The van der Waals surface area contributed by atoms with Crippen LogP contribution in [0, 0.1) is 6.92 Å². The molecule has 0 saturated carbocycles. The first kappa shape index (κ1) is 17.4. The molecule has 0 bridgehead atoms. The summed E-state index contributed by atoms with van der Waals surface area (Å²) in [4.78, 5) is 21.4. The number of hydrogen-bond donors (Lipinski definition) is 1. The average Bonchev–Trinajstić information content (AvgIpc) is 2.59. The molecular weight excluding hydrogens is 320 g/mol. The van der Waals surface area contributed by atoms with Gasteiger partial charge in [-0.15, -0.1) is 0 Å². The second-order valence-electron chi connectivity index (χ2n) is 6.91. The molecule has 2 unspecified atom stereocenters. The van der Waals surface area contributed by atoms with Gasteiger partial charge in [0.2, 0.25) is 0 Å². The molecule has 0 radical (unpaired) electrons. The monoisotopic (exact) mass is 348 g/mol. The maximum atomic E-state index is 12.6. The Morgan fingerprint density at radius 1 is 1.25 bits per heavy atom. The predicted octanol–water partition coefficient (Wildman–Crippen LogP) is 2.89. The van der Waals surface area contributed by atoms with Crippen molar-refractivity contribution in [2.24, 2.45) is 0 Å².